The molecule has 6 nitrogen and oxygen atoms in total. The Kier molecular flexibility index (Phi) is 7.29. The summed E-state index contributed by atoms with van der Waals surface area (Å²) >= 11 is 5.92. The Bertz CT molecular complexity index is 1020. The second kappa shape index (κ2) is 10.3. The molecule has 0 spiro atoms. The molecule has 2 N–H and O–H groups in total. The van der Waals surface area contributed by atoms with Crippen molar-refractivity contribution < 1.29 is 19.1 Å². The molecule has 154 valence electrons. The second-order valence-electron chi connectivity index (χ2n) is 6.48. The summed E-state index contributed by atoms with van der Waals surface area (Å²) in [4.78, 5) is 24.2. The fourth-order valence-corrected chi connectivity index (χ4v) is 2.87. The van der Waals surface area contributed by atoms with Gasteiger partial charge in [-0.15, -0.1) is 0 Å². The Balaban J connectivity index is 1.48. The third-order valence-corrected chi connectivity index (χ3v) is 4.28. The average molecular weight is 425 g/mol. The van der Waals surface area contributed by atoms with Crippen molar-refractivity contribution >= 4 is 34.8 Å². The lowest BCUT2D eigenvalue weighted by Crippen LogP contribution is -2.21. The van der Waals surface area contributed by atoms with Crippen molar-refractivity contribution in [3.8, 4) is 11.5 Å². The summed E-state index contributed by atoms with van der Waals surface area (Å²) in [7, 11) is 0. The van der Waals surface area contributed by atoms with Crippen molar-refractivity contribution in [3.05, 3.63) is 83.4 Å². The molecule has 0 aromatic heterocycles. The first-order valence-corrected chi connectivity index (χ1v) is 9.64. The van der Waals surface area contributed by atoms with E-state index < -0.39 is 0 Å². The van der Waals surface area contributed by atoms with E-state index in [9.17, 15) is 9.59 Å². The number of para-hydroxylation sites is 1. The third kappa shape index (κ3) is 6.53. The number of benzene rings is 3. The summed E-state index contributed by atoms with van der Waals surface area (Å²) in [5, 5.41) is 6.09. The fraction of sp³-hybridized carbons (Fsp3) is 0.130. The topological polar surface area (TPSA) is 76.7 Å². The van der Waals surface area contributed by atoms with Crippen molar-refractivity contribution in [2.24, 2.45) is 0 Å². The van der Waals surface area contributed by atoms with E-state index in [1.165, 1.54) is 0 Å². The minimum absolute atomic E-state index is 0.146. The van der Waals surface area contributed by atoms with Crippen LogP contribution in [0.4, 0.5) is 11.4 Å². The molecule has 0 atom stereocenters. The maximum atomic E-state index is 12.2. The Morgan fingerprint density at radius 1 is 0.800 bits per heavy atom. The van der Waals surface area contributed by atoms with Crippen molar-refractivity contribution in [3.63, 3.8) is 0 Å². The normalized spacial score (nSPS) is 10.2. The summed E-state index contributed by atoms with van der Waals surface area (Å²) < 4.78 is 11.0. The van der Waals surface area contributed by atoms with Crippen LogP contribution in [0.1, 0.15) is 5.56 Å². The molecule has 30 heavy (non-hydrogen) atoms. The zero-order valence-corrected chi connectivity index (χ0v) is 17.1. The molecule has 7 heteroatoms. The first kappa shape index (κ1) is 21.2. The van der Waals surface area contributed by atoms with Gasteiger partial charge >= 0.3 is 0 Å². The van der Waals surface area contributed by atoms with Crippen LogP contribution in [-0.2, 0) is 9.59 Å². The largest absolute Gasteiger partial charge is 0.484 e. The molecule has 0 saturated heterocycles. The van der Waals surface area contributed by atoms with Gasteiger partial charge in [0.05, 0.1) is 0 Å². The molecule has 0 aliphatic rings. The zero-order chi connectivity index (χ0) is 21.3. The first-order valence-electron chi connectivity index (χ1n) is 9.26. The molecule has 2 amide bonds. The molecule has 3 rings (SSSR count). The van der Waals surface area contributed by atoms with Crippen molar-refractivity contribution in [2.75, 3.05) is 23.8 Å². The monoisotopic (exact) mass is 424 g/mol. The Morgan fingerprint density at radius 2 is 1.47 bits per heavy atom. The minimum atomic E-state index is -0.316. The van der Waals surface area contributed by atoms with E-state index in [0.717, 1.165) is 5.56 Å². The van der Waals surface area contributed by atoms with E-state index in [2.05, 4.69) is 10.6 Å². The molecular formula is C23H21ClN2O4. The number of anilines is 2. The highest BCUT2D eigenvalue weighted by Gasteiger charge is 2.08. The lowest BCUT2D eigenvalue weighted by atomic mass is 10.2. The molecule has 0 saturated carbocycles. The number of hydrogen-bond acceptors (Lipinski definition) is 4. The SMILES string of the molecule is Cc1cc(Cl)ccc1OCC(=O)Nc1cccc(OCC(=O)Nc2ccccc2)c1. The van der Waals surface area contributed by atoms with Crippen LogP contribution in [0.3, 0.4) is 0 Å². The summed E-state index contributed by atoms with van der Waals surface area (Å²) in [6.07, 6.45) is 0. The maximum Gasteiger partial charge on any atom is 0.262 e. The molecule has 0 aliphatic carbocycles. The maximum absolute atomic E-state index is 12.2. The fourth-order valence-electron chi connectivity index (χ4n) is 2.65. The van der Waals surface area contributed by atoms with E-state index in [1.54, 1.807) is 54.6 Å². The summed E-state index contributed by atoms with van der Waals surface area (Å²) in [5.74, 6) is 0.465. The molecule has 3 aromatic carbocycles. The number of nitrogens with one attached hydrogen (secondary N) is 2. The number of aryl methyl sites for hydroxylation is 1. The predicted molar refractivity (Wildman–Crippen MR) is 117 cm³/mol. The molecule has 0 bridgehead atoms. The Labute approximate surface area is 179 Å². The molecule has 0 radical (unpaired) electrons. The van der Waals surface area contributed by atoms with E-state index in [1.807, 2.05) is 25.1 Å². The van der Waals surface area contributed by atoms with Crippen LogP contribution >= 0.6 is 11.6 Å². The molecule has 0 aliphatic heterocycles. The van der Waals surface area contributed by atoms with Gasteiger partial charge < -0.3 is 20.1 Å². The van der Waals surface area contributed by atoms with Gasteiger partial charge in [0, 0.05) is 22.5 Å². The molecular weight excluding hydrogens is 404 g/mol. The van der Waals surface area contributed by atoms with Gasteiger partial charge in [-0.25, -0.2) is 0 Å². The quantitative estimate of drug-likeness (QED) is 0.550. The van der Waals surface area contributed by atoms with Gasteiger partial charge in [-0.1, -0.05) is 35.9 Å². The van der Waals surface area contributed by atoms with Gasteiger partial charge in [0.2, 0.25) is 0 Å². The van der Waals surface area contributed by atoms with Crippen LogP contribution in [0.2, 0.25) is 5.02 Å². The van der Waals surface area contributed by atoms with Gasteiger partial charge in [0.1, 0.15) is 11.5 Å². The second-order valence-corrected chi connectivity index (χ2v) is 6.91. The summed E-state index contributed by atoms with van der Waals surface area (Å²) in [5.41, 5.74) is 2.08. The van der Waals surface area contributed by atoms with Crippen LogP contribution in [-0.4, -0.2) is 25.0 Å². The van der Waals surface area contributed by atoms with Crippen molar-refractivity contribution in [1.82, 2.24) is 0 Å². The predicted octanol–water partition coefficient (Wildman–Crippen LogP) is 4.68. The standard InChI is InChI=1S/C23H21ClN2O4/c1-16-12-17(24)10-11-21(16)30-15-23(28)26-19-8-5-9-20(13-19)29-14-22(27)25-18-6-3-2-4-7-18/h2-13H,14-15H2,1H3,(H,25,27)(H,26,28). The number of halogens is 1. The van der Waals surface area contributed by atoms with Crippen molar-refractivity contribution in [1.29, 1.82) is 0 Å². The summed E-state index contributed by atoms with van der Waals surface area (Å²) in [6.45, 7) is 1.56. The van der Waals surface area contributed by atoms with Gasteiger partial charge in [-0.2, -0.15) is 0 Å². The van der Waals surface area contributed by atoms with Crippen molar-refractivity contribution in [2.45, 2.75) is 6.92 Å². The Hall–Kier alpha value is -3.51. The van der Waals surface area contributed by atoms with E-state index >= 15 is 0 Å². The highest BCUT2D eigenvalue weighted by Crippen LogP contribution is 2.22. The highest BCUT2D eigenvalue weighted by atomic mass is 35.5. The van der Waals surface area contributed by atoms with Gasteiger partial charge in [0.25, 0.3) is 11.8 Å². The van der Waals surface area contributed by atoms with E-state index in [0.29, 0.717) is 27.9 Å². The lowest BCUT2D eigenvalue weighted by molar-refractivity contribution is -0.118. The average Bonchev–Trinajstić information content (AvgIpc) is 2.73. The smallest absolute Gasteiger partial charge is 0.262 e. The molecule has 3 aromatic rings. The van der Waals surface area contributed by atoms with E-state index in [4.69, 9.17) is 21.1 Å². The third-order valence-electron chi connectivity index (χ3n) is 4.04. The molecule has 0 fully saturated rings. The number of ether oxygens (including phenoxy) is 2. The number of carbonyl (C=O) groups excluding carboxylic acids is 2. The minimum Gasteiger partial charge on any atom is -0.484 e. The number of carbonyl (C=O) groups is 2. The number of hydrogen-bond donors (Lipinski definition) is 2. The zero-order valence-electron chi connectivity index (χ0n) is 16.4. The first-order chi connectivity index (χ1) is 14.5. The van der Waals surface area contributed by atoms with Crippen LogP contribution in [0, 0.1) is 6.92 Å². The highest BCUT2D eigenvalue weighted by molar-refractivity contribution is 6.30. The molecule has 0 heterocycles. The van der Waals surface area contributed by atoms with Gasteiger partial charge in [-0.3, -0.25) is 9.59 Å². The lowest BCUT2D eigenvalue weighted by Gasteiger charge is -2.11. The van der Waals surface area contributed by atoms with Gasteiger partial charge in [-0.05, 0) is 55.0 Å². The van der Waals surface area contributed by atoms with E-state index in [-0.39, 0.29) is 25.0 Å². The van der Waals surface area contributed by atoms with Crippen LogP contribution in [0.25, 0.3) is 0 Å². The number of amides is 2. The Morgan fingerprint density at radius 3 is 2.20 bits per heavy atom. The van der Waals surface area contributed by atoms with Crippen LogP contribution < -0.4 is 20.1 Å². The van der Waals surface area contributed by atoms with Gasteiger partial charge in [0.15, 0.2) is 13.2 Å². The number of rotatable bonds is 8. The van der Waals surface area contributed by atoms with Crippen LogP contribution in [0.5, 0.6) is 11.5 Å². The summed E-state index contributed by atoms with van der Waals surface area (Å²) in [6, 6.07) is 21.1. The molecule has 0 unspecified atom stereocenters. The van der Waals surface area contributed by atoms with Crippen LogP contribution in [0.15, 0.2) is 72.8 Å².